The quantitative estimate of drug-likeness (QED) is 0.175. The summed E-state index contributed by atoms with van der Waals surface area (Å²) in [5.41, 5.74) is 7.99. The summed E-state index contributed by atoms with van der Waals surface area (Å²) in [4.78, 5) is 26.5. The lowest BCUT2D eigenvalue weighted by Crippen LogP contribution is -3.00. The van der Waals surface area contributed by atoms with Crippen LogP contribution in [0.2, 0.25) is 0 Å². The van der Waals surface area contributed by atoms with Crippen LogP contribution in [0.15, 0.2) is 35.6 Å². The number of nitrogens with two attached hydrogens (primary N) is 1. The lowest BCUT2D eigenvalue weighted by Gasteiger charge is -2.23. The Morgan fingerprint density at radius 2 is 2.14 bits per heavy atom. The minimum atomic E-state index is -0.413. The Bertz CT molecular complexity index is 901. The third kappa shape index (κ3) is 4.57. The van der Waals surface area contributed by atoms with Crippen molar-refractivity contribution in [3.63, 3.8) is 0 Å². The molecule has 0 aliphatic carbocycles. The highest BCUT2D eigenvalue weighted by atomic mass is 35.5. The minimum Gasteiger partial charge on any atom is -1.00 e. The average molecular weight is 425 g/mol. The van der Waals surface area contributed by atoms with Gasteiger partial charge in [-0.2, -0.15) is 4.57 Å². The first kappa shape index (κ1) is 21.6. The van der Waals surface area contributed by atoms with Gasteiger partial charge in [-0.25, -0.2) is 14.8 Å². The molecule has 0 radical (unpaired) electrons. The SMILES string of the molecule is CCOC(=O)c1c[n+]2c([nH]1)CN(N=C(N)SNC(=O)CC)c1ccccc1-2.[Cl-]. The van der Waals surface area contributed by atoms with Crippen molar-refractivity contribution in [3.05, 3.63) is 42.0 Å². The second kappa shape index (κ2) is 9.47. The lowest BCUT2D eigenvalue weighted by molar-refractivity contribution is -0.604. The van der Waals surface area contributed by atoms with Crippen molar-refractivity contribution < 1.29 is 31.3 Å². The molecule has 0 saturated heterocycles. The molecule has 1 amide bonds. The number of rotatable bonds is 4. The minimum absolute atomic E-state index is 0. The summed E-state index contributed by atoms with van der Waals surface area (Å²) >= 11 is 0.971. The third-order valence-corrected chi connectivity index (χ3v) is 4.47. The van der Waals surface area contributed by atoms with Gasteiger partial charge in [0.25, 0.3) is 11.5 Å². The number of esters is 1. The zero-order valence-electron chi connectivity index (χ0n) is 15.4. The number of nitrogens with one attached hydrogen (secondary N) is 2. The van der Waals surface area contributed by atoms with Crippen molar-refractivity contribution in [2.45, 2.75) is 26.8 Å². The van der Waals surface area contributed by atoms with Crippen LogP contribution in [0, 0.1) is 0 Å². The number of carbonyl (C=O) groups excluding carboxylic acids is 2. The number of amides is 1. The Morgan fingerprint density at radius 3 is 2.86 bits per heavy atom. The number of amidine groups is 1. The van der Waals surface area contributed by atoms with E-state index in [0.717, 1.165) is 29.1 Å². The maximum atomic E-state index is 12.0. The van der Waals surface area contributed by atoms with E-state index in [-0.39, 0.29) is 23.5 Å². The summed E-state index contributed by atoms with van der Waals surface area (Å²) < 4.78 is 9.58. The first-order valence-electron chi connectivity index (χ1n) is 8.50. The summed E-state index contributed by atoms with van der Waals surface area (Å²) in [6.07, 6.45) is 2.08. The number of hydrogen-bond donors (Lipinski definition) is 3. The van der Waals surface area contributed by atoms with Gasteiger partial charge in [-0.05, 0) is 19.1 Å². The van der Waals surface area contributed by atoms with Gasteiger partial charge in [0.2, 0.25) is 5.91 Å². The number of hydrogen-bond acceptors (Lipinski definition) is 6. The van der Waals surface area contributed by atoms with Crippen LogP contribution in [-0.4, -0.2) is 28.6 Å². The van der Waals surface area contributed by atoms with Gasteiger partial charge >= 0.3 is 5.97 Å². The number of fused-ring (bicyclic) bond motifs is 3. The van der Waals surface area contributed by atoms with E-state index in [9.17, 15) is 9.59 Å². The second-order valence-corrected chi connectivity index (χ2v) is 6.50. The molecule has 11 heteroatoms. The van der Waals surface area contributed by atoms with Crippen molar-refractivity contribution in [3.8, 4) is 5.69 Å². The molecular formula is C17H21ClN6O3S. The normalized spacial score (nSPS) is 12.5. The van der Waals surface area contributed by atoms with Crippen molar-refractivity contribution in [1.29, 1.82) is 0 Å². The number of H-pyrrole nitrogens is 1. The fourth-order valence-electron chi connectivity index (χ4n) is 2.62. The van der Waals surface area contributed by atoms with E-state index in [0.29, 0.717) is 25.3 Å². The molecule has 0 fully saturated rings. The van der Waals surface area contributed by atoms with Crippen molar-refractivity contribution >= 4 is 34.7 Å². The molecule has 1 aliphatic heterocycles. The number of hydrazone groups is 1. The summed E-state index contributed by atoms with van der Waals surface area (Å²) in [5.74, 6) is 0.221. The summed E-state index contributed by atoms with van der Waals surface area (Å²) in [5, 5.41) is 6.32. The maximum Gasteiger partial charge on any atom is 0.382 e. The van der Waals surface area contributed by atoms with Crippen molar-refractivity contribution in [2.75, 3.05) is 11.6 Å². The molecule has 0 saturated carbocycles. The predicted octanol–water partition coefficient (Wildman–Crippen LogP) is -1.80. The van der Waals surface area contributed by atoms with Crippen LogP contribution >= 0.6 is 11.9 Å². The fourth-order valence-corrected chi connectivity index (χ4v) is 3.12. The fraction of sp³-hybridized carbons (Fsp3) is 0.294. The topological polar surface area (TPSA) is 117 Å². The van der Waals surface area contributed by atoms with Gasteiger partial charge in [0.1, 0.15) is 12.2 Å². The van der Waals surface area contributed by atoms with Gasteiger partial charge in [-0.15, -0.1) is 5.10 Å². The second-order valence-electron chi connectivity index (χ2n) is 5.67. The number of halogens is 1. The number of aromatic nitrogens is 2. The van der Waals surface area contributed by atoms with Gasteiger partial charge in [0.05, 0.1) is 6.61 Å². The molecule has 2 aromatic rings. The average Bonchev–Trinajstić information content (AvgIpc) is 3.11. The predicted molar refractivity (Wildman–Crippen MR) is 102 cm³/mol. The van der Waals surface area contributed by atoms with Gasteiger partial charge in [0, 0.05) is 18.4 Å². The van der Waals surface area contributed by atoms with Crippen LogP contribution in [0.4, 0.5) is 5.69 Å². The van der Waals surface area contributed by atoms with Crippen LogP contribution < -0.4 is 32.4 Å². The Kier molecular flexibility index (Phi) is 7.30. The monoisotopic (exact) mass is 424 g/mol. The highest BCUT2D eigenvalue weighted by Crippen LogP contribution is 2.27. The van der Waals surface area contributed by atoms with Crippen molar-refractivity contribution in [1.82, 2.24) is 9.71 Å². The lowest BCUT2D eigenvalue weighted by atomic mass is 10.2. The molecule has 0 unspecified atom stereocenters. The molecule has 150 valence electrons. The van der Waals surface area contributed by atoms with Gasteiger partial charge in [0.15, 0.2) is 17.1 Å². The van der Waals surface area contributed by atoms with E-state index in [1.165, 1.54) is 0 Å². The molecular weight excluding hydrogens is 404 g/mol. The van der Waals surface area contributed by atoms with Crippen LogP contribution in [0.3, 0.4) is 0 Å². The number of anilines is 1. The molecule has 9 nitrogen and oxygen atoms in total. The first-order valence-corrected chi connectivity index (χ1v) is 9.32. The molecule has 0 atom stereocenters. The molecule has 2 heterocycles. The maximum absolute atomic E-state index is 12.0. The highest BCUT2D eigenvalue weighted by molar-refractivity contribution is 8.12. The summed E-state index contributed by atoms with van der Waals surface area (Å²) in [6, 6.07) is 7.63. The van der Waals surface area contributed by atoms with Crippen molar-refractivity contribution in [2.24, 2.45) is 10.8 Å². The molecule has 28 heavy (non-hydrogen) atoms. The van der Waals surface area contributed by atoms with Gasteiger partial charge in [-0.3, -0.25) is 9.52 Å². The Hall–Kier alpha value is -2.72. The van der Waals surface area contributed by atoms with Crippen LogP contribution in [0.25, 0.3) is 5.69 Å². The number of ether oxygens (including phenoxy) is 1. The zero-order chi connectivity index (χ0) is 19.4. The third-order valence-electron chi connectivity index (χ3n) is 3.85. The Balaban J connectivity index is 0.00000280. The standard InChI is InChI=1S/C17H20N6O3S.ClH/c1-3-15(24)21-27-17(18)20-23-10-14-19-11(16(25)26-4-2)9-22(14)12-7-5-6-8-13(12)23;/h5-9H,3-4,10H2,1-2H3,(H3,18,20,21,24);1H. The molecule has 3 rings (SSSR count). The van der Waals surface area contributed by atoms with Gasteiger partial charge in [-0.1, -0.05) is 19.1 Å². The largest absolute Gasteiger partial charge is 1.00 e. The van der Waals surface area contributed by atoms with Crippen LogP contribution in [0.1, 0.15) is 36.6 Å². The molecule has 0 spiro atoms. The van der Waals surface area contributed by atoms with Crippen LogP contribution in [0.5, 0.6) is 0 Å². The number of para-hydroxylation sites is 2. The van der Waals surface area contributed by atoms with E-state index >= 15 is 0 Å². The molecule has 4 N–H and O–H groups in total. The number of nitrogens with zero attached hydrogens (tertiary/aromatic N) is 3. The Morgan fingerprint density at radius 1 is 1.39 bits per heavy atom. The molecule has 1 aromatic heterocycles. The van der Waals surface area contributed by atoms with E-state index in [4.69, 9.17) is 10.5 Å². The summed E-state index contributed by atoms with van der Waals surface area (Å²) in [7, 11) is 0. The molecule has 1 aliphatic rings. The van der Waals surface area contributed by atoms with Gasteiger partial charge < -0.3 is 22.9 Å². The number of imidazole rings is 1. The number of benzene rings is 1. The van der Waals surface area contributed by atoms with E-state index in [2.05, 4.69) is 14.8 Å². The molecule has 0 bridgehead atoms. The summed E-state index contributed by atoms with van der Waals surface area (Å²) in [6.45, 7) is 4.20. The van der Waals surface area contributed by atoms with E-state index in [1.807, 2.05) is 28.8 Å². The highest BCUT2D eigenvalue weighted by Gasteiger charge is 2.32. The smallest absolute Gasteiger partial charge is 0.382 e. The molecule has 1 aromatic carbocycles. The van der Waals surface area contributed by atoms with E-state index in [1.54, 1.807) is 25.1 Å². The number of carbonyl (C=O) groups is 2. The zero-order valence-corrected chi connectivity index (χ0v) is 17.0. The first-order chi connectivity index (χ1) is 13.0. The Labute approximate surface area is 172 Å². The van der Waals surface area contributed by atoms with Crippen LogP contribution in [-0.2, 0) is 16.1 Å². The number of aromatic amines is 1. The van der Waals surface area contributed by atoms with E-state index < -0.39 is 5.97 Å².